The predicted molar refractivity (Wildman–Crippen MR) is 70.0 cm³/mol. The Kier molecular flexibility index (Phi) is 4.50. The molecular weight excluding hydrogens is 228 g/mol. The zero-order valence-electron chi connectivity index (χ0n) is 11.1. The highest BCUT2D eigenvalue weighted by molar-refractivity contribution is 5.97. The van der Waals surface area contributed by atoms with E-state index in [0.29, 0.717) is 0 Å². The van der Waals surface area contributed by atoms with Crippen LogP contribution in [0, 0.1) is 13.8 Å². The van der Waals surface area contributed by atoms with E-state index in [-0.39, 0.29) is 18.5 Å². The lowest BCUT2D eigenvalue weighted by molar-refractivity contribution is -0.0262. The van der Waals surface area contributed by atoms with E-state index in [2.05, 4.69) is 0 Å². The zero-order valence-corrected chi connectivity index (χ0v) is 11.1. The fourth-order valence-electron chi connectivity index (χ4n) is 2.03. The second-order valence-corrected chi connectivity index (χ2v) is 4.84. The van der Waals surface area contributed by atoms with Crippen molar-refractivity contribution in [3.63, 3.8) is 0 Å². The smallest absolute Gasteiger partial charge is 0.188 e. The molecule has 1 aliphatic heterocycles. The minimum absolute atomic E-state index is 0.0598. The van der Waals surface area contributed by atoms with E-state index in [1.165, 1.54) is 5.56 Å². The van der Waals surface area contributed by atoms with Crippen molar-refractivity contribution < 1.29 is 14.3 Å². The molecule has 1 saturated heterocycles. The molecule has 0 aromatic heterocycles. The molecule has 18 heavy (non-hydrogen) atoms. The highest BCUT2D eigenvalue weighted by atomic mass is 16.5. The third-order valence-electron chi connectivity index (χ3n) is 3.45. The Balaban J connectivity index is 1.88. The average Bonchev–Trinajstić information content (AvgIpc) is 2.40. The van der Waals surface area contributed by atoms with Gasteiger partial charge in [0.25, 0.3) is 0 Å². The van der Waals surface area contributed by atoms with Crippen molar-refractivity contribution >= 4 is 5.78 Å². The van der Waals surface area contributed by atoms with Crippen LogP contribution in [-0.4, -0.2) is 31.7 Å². The molecule has 0 bridgehead atoms. The van der Waals surface area contributed by atoms with Crippen LogP contribution >= 0.6 is 0 Å². The largest absolute Gasteiger partial charge is 0.381 e. The summed E-state index contributed by atoms with van der Waals surface area (Å²) in [5.41, 5.74) is 3.09. The molecule has 0 atom stereocenters. The number of carbonyl (C=O) groups excluding carboxylic acids is 1. The topological polar surface area (TPSA) is 35.5 Å². The fourth-order valence-corrected chi connectivity index (χ4v) is 2.03. The maximum absolute atomic E-state index is 12.0. The zero-order chi connectivity index (χ0) is 13.0. The summed E-state index contributed by atoms with van der Waals surface area (Å²) >= 11 is 0. The minimum Gasteiger partial charge on any atom is -0.381 e. The molecule has 1 aliphatic rings. The summed E-state index contributed by atoms with van der Waals surface area (Å²) in [6, 6.07) is 5.79. The van der Waals surface area contributed by atoms with Crippen LogP contribution < -0.4 is 0 Å². The SMILES string of the molecule is Cc1ccc(C(=O)COC2CCOCC2)cc1C. The van der Waals surface area contributed by atoms with E-state index in [4.69, 9.17) is 9.47 Å². The standard InChI is InChI=1S/C15H20O3/c1-11-3-4-13(9-12(11)2)15(16)10-18-14-5-7-17-8-6-14/h3-4,9,14H,5-8,10H2,1-2H3. The molecule has 3 nitrogen and oxygen atoms in total. The number of rotatable bonds is 4. The maximum Gasteiger partial charge on any atom is 0.188 e. The number of ketones is 1. The van der Waals surface area contributed by atoms with Gasteiger partial charge in [0.2, 0.25) is 0 Å². The van der Waals surface area contributed by atoms with Crippen molar-refractivity contribution in [2.75, 3.05) is 19.8 Å². The predicted octanol–water partition coefficient (Wildman–Crippen LogP) is 2.68. The van der Waals surface area contributed by atoms with Gasteiger partial charge in [0, 0.05) is 18.8 Å². The molecule has 0 radical (unpaired) electrons. The van der Waals surface area contributed by atoms with Crippen LogP contribution in [0.2, 0.25) is 0 Å². The van der Waals surface area contributed by atoms with E-state index in [9.17, 15) is 4.79 Å². The Hall–Kier alpha value is -1.19. The molecule has 0 N–H and O–H groups in total. The first-order chi connectivity index (χ1) is 8.66. The molecule has 98 valence electrons. The van der Waals surface area contributed by atoms with E-state index < -0.39 is 0 Å². The first kappa shape index (κ1) is 13.2. The van der Waals surface area contributed by atoms with E-state index >= 15 is 0 Å². The van der Waals surface area contributed by atoms with Gasteiger partial charge < -0.3 is 9.47 Å². The number of aryl methyl sites for hydroxylation is 2. The van der Waals surface area contributed by atoms with Crippen molar-refractivity contribution in [2.45, 2.75) is 32.8 Å². The number of ether oxygens (including phenoxy) is 2. The van der Waals surface area contributed by atoms with Crippen LogP contribution in [0.15, 0.2) is 18.2 Å². The van der Waals surface area contributed by atoms with Crippen LogP contribution in [-0.2, 0) is 9.47 Å². The molecule has 1 heterocycles. The van der Waals surface area contributed by atoms with E-state index in [1.807, 2.05) is 32.0 Å². The lowest BCUT2D eigenvalue weighted by Gasteiger charge is -2.22. The van der Waals surface area contributed by atoms with E-state index in [0.717, 1.165) is 37.2 Å². The fraction of sp³-hybridized carbons (Fsp3) is 0.533. The molecule has 0 amide bonds. The number of hydrogen-bond donors (Lipinski definition) is 0. The van der Waals surface area contributed by atoms with Gasteiger partial charge in [-0.3, -0.25) is 4.79 Å². The van der Waals surface area contributed by atoms with Crippen molar-refractivity contribution in [1.82, 2.24) is 0 Å². The molecule has 0 aliphatic carbocycles. The average molecular weight is 248 g/mol. The van der Waals surface area contributed by atoms with Gasteiger partial charge >= 0.3 is 0 Å². The number of Topliss-reactive ketones (excluding diaryl/α,β-unsaturated/α-hetero) is 1. The van der Waals surface area contributed by atoms with Gasteiger partial charge in [-0.05, 0) is 43.9 Å². The summed E-state index contributed by atoms with van der Waals surface area (Å²) in [6.07, 6.45) is 1.95. The van der Waals surface area contributed by atoms with Gasteiger partial charge in [-0.1, -0.05) is 12.1 Å². The number of carbonyl (C=O) groups is 1. The monoisotopic (exact) mass is 248 g/mol. The summed E-state index contributed by atoms with van der Waals surface area (Å²) < 4.78 is 10.9. The van der Waals surface area contributed by atoms with Crippen LogP contribution in [0.4, 0.5) is 0 Å². The third-order valence-corrected chi connectivity index (χ3v) is 3.45. The Morgan fingerprint density at radius 2 is 2.00 bits per heavy atom. The first-order valence-electron chi connectivity index (χ1n) is 6.46. The molecule has 1 aromatic rings. The van der Waals surface area contributed by atoms with E-state index in [1.54, 1.807) is 0 Å². The number of hydrogen-bond acceptors (Lipinski definition) is 3. The Morgan fingerprint density at radius 3 is 2.67 bits per heavy atom. The van der Waals surface area contributed by atoms with Crippen LogP contribution in [0.25, 0.3) is 0 Å². The second kappa shape index (κ2) is 6.12. The minimum atomic E-state index is 0.0598. The molecule has 0 spiro atoms. The molecule has 2 rings (SSSR count). The quantitative estimate of drug-likeness (QED) is 0.768. The molecule has 1 fully saturated rings. The van der Waals surface area contributed by atoms with Gasteiger partial charge in [0.15, 0.2) is 5.78 Å². The maximum atomic E-state index is 12.0. The summed E-state index contributed by atoms with van der Waals surface area (Å²) in [5.74, 6) is 0.0598. The Morgan fingerprint density at radius 1 is 1.28 bits per heavy atom. The Labute approximate surface area is 108 Å². The van der Waals surface area contributed by atoms with Gasteiger partial charge in [0.05, 0.1) is 6.10 Å². The Bertz CT molecular complexity index is 420. The normalized spacial score (nSPS) is 16.8. The summed E-state index contributed by atoms with van der Waals surface area (Å²) in [5, 5.41) is 0. The van der Waals surface area contributed by atoms with Crippen LogP contribution in [0.1, 0.15) is 34.3 Å². The molecule has 0 saturated carbocycles. The molecule has 0 unspecified atom stereocenters. The molecule has 1 aromatic carbocycles. The lowest BCUT2D eigenvalue weighted by atomic mass is 10.0. The number of benzene rings is 1. The van der Waals surface area contributed by atoms with Crippen molar-refractivity contribution in [1.29, 1.82) is 0 Å². The molecular formula is C15H20O3. The molecule has 3 heteroatoms. The van der Waals surface area contributed by atoms with Gasteiger partial charge in [-0.25, -0.2) is 0 Å². The van der Waals surface area contributed by atoms with Crippen LogP contribution in [0.3, 0.4) is 0 Å². The highest BCUT2D eigenvalue weighted by Crippen LogP contribution is 2.13. The van der Waals surface area contributed by atoms with Crippen molar-refractivity contribution in [3.8, 4) is 0 Å². The van der Waals surface area contributed by atoms with Gasteiger partial charge in [-0.15, -0.1) is 0 Å². The second-order valence-electron chi connectivity index (χ2n) is 4.84. The highest BCUT2D eigenvalue weighted by Gasteiger charge is 2.16. The summed E-state index contributed by atoms with van der Waals surface area (Å²) in [7, 11) is 0. The van der Waals surface area contributed by atoms with Crippen molar-refractivity contribution in [3.05, 3.63) is 34.9 Å². The van der Waals surface area contributed by atoms with Crippen LogP contribution in [0.5, 0.6) is 0 Å². The third kappa shape index (κ3) is 3.40. The van der Waals surface area contributed by atoms with Gasteiger partial charge in [-0.2, -0.15) is 0 Å². The first-order valence-corrected chi connectivity index (χ1v) is 6.46. The lowest BCUT2D eigenvalue weighted by Crippen LogP contribution is -2.25. The summed E-state index contributed by atoms with van der Waals surface area (Å²) in [4.78, 5) is 12.0. The van der Waals surface area contributed by atoms with Crippen molar-refractivity contribution in [2.24, 2.45) is 0 Å². The summed E-state index contributed by atoms with van der Waals surface area (Å²) in [6.45, 7) is 5.71. The van der Waals surface area contributed by atoms with Gasteiger partial charge in [0.1, 0.15) is 6.61 Å².